The number of hydrogen-bond donors (Lipinski definition) is 1. The number of hydrogen-bond acceptors (Lipinski definition) is 3. The van der Waals surface area contributed by atoms with Crippen LogP contribution in [0.2, 0.25) is 0 Å². The lowest BCUT2D eigenvalue weighted by atomic mass is 10.1. The monoisotopic (exact) mass is 155 g/mol. The lowest BCUT2D eigenvalue weighted by Gasteiger charge is -2.00. The van der Waals surface area contributed by atoms with E-state index < -0.39 is 0 Å². The number of amides is 1. The fourth-order valence-electron chi connectivity index (χ4n) is 1.05. The van der Waals surface area contributed by atoms with E-state index in [-0.39, 0.29) is 11.9 Å². The maximum atomic E-state index is 10.9. The molecule has 11 heavy (non-hydrogen) atoms. The van der Waals surface area contributed by atoms with Gasteiger partial charge in [0.15, 0.2) is 6.04 Å². The lowest BCUT2D eigenvalue weighted by Crippen LogP contribution is -2.22. The average molecular weight is 155 g/mol. The highest BCUT2D eigenvalue weighted by molar-refractivity contribution is 5.82. The van der Waals surface area contributed by atoms with Crippen molar-refractivity contribution in [3.63, 3.8) is 0 Å². The highest BCUT2D eigenvalue weighted by Crippen LogP contribution is 2.09. The second kappa shape index (κ2) is 4.05. The number of unbranched alkanes of at least 4 members (excludes halogenated alkanes) is 2. The Kier molecular flexibility index (Phi) is 3.01. The molecule has 1 heterocycles. The fourth-order valence-corrected chi connectivity index (χ4v) is 1.05. The molecule has 0 aromatic carbocycles. The van der Waals surface area contributed by atoms with Gasteiger partial charge in [-0.05, 0) is 6.42 Å². The Balaban J connectivity index is 2.15. The van der Waals surface area contributed by atoms with Crippen LogP contribution in [0, 0.1) is 0 Å². The minimum absolute atomic E-state index is 0.0545. The van der Waals surface area contributed by atoms with Crippen molar-refractivity contribution in [1.82, 2.24) is 5.43 Å². The molecule has 4 heteroatoms. The van der Waals surface area contributed by atoms with E-state index >= 15 is 0 Å². The summed E-state index contributed by atoms with van der Waals surface area (Å²) >= 11 is 0. The van der Waals surface area contributed by atoms with Gasteiger partial charge in [0.25, 0.3) is 5.91 Å². The van der Waals surface area contributed by atoms with Crippen molar-refractivity contribution in [3.8, 4) is 0 Å². The number of nitrogens with zero attached hydrogens (tertiary/aromatic N) is 2. The SMILES string of the molecule is CCCCCC1N=NNC1=O. The van der Waals surface area contributed by atoms with Crippen molar-refractivity contribution in [2.45, 2.75) is 38.6 Å². The van der Waals surface area contributed by atoms with Crippen LogP contribution in [-0.4, -0.2) is 11.9 Å². The number of nitrogens with one attached hydrogen (secondary N) is 1. The Morgan fingerprint density at radius 3 is 2.91 bits per heavy atom. The number of carbonyl (C=O) groups is 1. The summed E-state index contributed by atoms with van der Waals surface area (Å²) in [5, 5.41) is 7.20. The normalized spacial score (nSPS) is 22.3. The first-order valence-electron chi connectivity index (χ1n) is 4.04. The van der Waals surface area contributed by atoms with Crippen molar-refractivity contribution in [1.29, 1.82) is 0 Å². The highest BCUT2D eigenvalue weighted by atomic mass is 16.2. The van der Waals surface area contributed by atoms with Gasteiger partial charge in [0, 0.05) is 0 Å². The molecule has 0 saturated heterocycles. The molecule has 1 unspecified atom stereocenters. The molecule has 4 nitrogen and oxygen atoms in total. The van der Waals surface area contributed by atoms with Crippen LogP contribution >= 0.6 is 0 Å². The summed E-state index contributed by atoms with van der Waals surface area (Å²) in [5.41, 5.74) is 2.32. The molecule has 1 rings (SSSR count). The molecule has 62 valence electrons. The van der Waals surface area contributed by atoms with Gasteiger partial charge in [0.2, 0.25) is 0 Å². The molecule has 0 bridgehead atoms. The first-order valence-corrected chi connectivity index (χ1v) is 4.04. The van der Waals surface area contributed by atoms with Crippen LogP contribution in [-0.2, 0) is 4.79 Å². The third-order valence-corrected chi connectivity index (χ3v) is 1.74. The Labute approximate surface area is 66.1 Å². The van der Waals surface area contributed by atoms with Gasteiger partial charge in [0.05, 0.1) is 0 Å². The van der Waals surface area contributed by atoms with E-state index in [1.54, 1.807) is 0 Å². The first kappa shape index (κ1) is 8.17. The van der Waals surface area contributed by atoms with Crippen molar-refractivity contribution >= 4 is 5.91 Å². The number of carbonyl (C=O) groups excluding carboxylic acids is 1. The average Bonchev–Trinajstić information content (AvgIpc) is 2.37. The van der Waals surface area contributed by atoms with E-state index in [4.69, 9.17) is 0 Å². The highest BCUT2D eigenvalue weighted by Gasteiger charge is 2.21. The Hall–Kier alpha value is -0.930. The van der Waals surface area contributed by atoms with Gasteiger partial charge in [-0.25, -0.2) is 5.43 Å². The predicted octanol–water partition coefficient (Wildman–Crippen LogP) is 1.43. The topological polar surface area (TPSA) is 53.8 Å². The fraction of sp³-hybridized carbons (Fsp3) is 0.857. The van der Waals surface area contributed by atoms with E-state index in [0.717, 1.165) is 12.8 Å². The third-order valence-electron chi connectivity index (χ3n) is 1.74. The van der Waals surface area contributed by atoms with Crippen molar-refractivity contribution in [3.05, 3.63) is 0 Å². The van der Waals surface area contributed by atoms with Crippen LogP contribution in [0.5, 0.6) is 0 Å². The summed E-state index contributed by atoms with van der Waals surface area (Å²) in [6, 6.07) is -0.207. The van der Waals surface area contributed by atoms with E-state index in [0.29, 0.717) is 0 Å². The smallest absolute Gasteiger partial charge is 0.268 e. The molecule has 0 aromatic heterocycles. The molecule has 1 amide bonds. The molecule has 0 aliphatic carbocycles. The molecule has 1 aliphatic heterocycles. The molecular formula is C7H13N3O. The van der Waals surface area contributed by atoms with Crippen LogP contribution in [0.15, 0.2) is 10.3 Å². The third kappa shape index (κ3) is 2.29. The molecule has 0 saturated carbocycles. The van der Waals surface area contributed by atoms with Crippen LogP contribution in [0.3, 0.4) is 0 Å². The molecule has 0 fully saturated rings. The molecule has 1 N–H and O–H groups in total. The van der Waals surface area contributed by atoms with Gasteiger partial charge in [-0.2, -0.15) is 5.11 Å². The van der Waals surface area contributed by atoms with E-state index in [9.17, 15) is 4.79 Å². The Morgan fingerprint density at radius 2 is 2.36 bits per heavy atom. The van der Waals surface area contributed by atoms with E-state index in [1.807, 2.05) is 0 Å². The van der Waals surface area contributed by atoms with Gasteiger partial charge in [-0.15, -0.1) is 0 Å². The molecular weight excluding hydrogens is 142 g/mol. The first-order chi connectivity index (χ1) is 5.34. The summed E-state index contributed by atoms with van der Waals surface area (Å²) in [7, 11) is 0. The quantitative estimate of drug-likeness (QED) is 0.613. The molecule has 0 aromatic rings. The van der Waals surface area contributed by atoms with Gasteiger partial charge in [-0.3, -0.25) is 4.79 Å². The Morgan fingerprint density at radius 1 is 1.55 bits per heavy atom. The van der Waals surface area contributed by atoms with Gasteiger partial charge in [0.1, 0.15) is 0 Å². The Bertz CT molecular complexity index is 167. The van der Waals surface area contributed by atoms with Gasteiger partial charge in [-0.1, -0.05) is 31.4 Å². The zero-order chi connectivity index (χ0) is 8.10. The summed E-state index contributed by atoms with van der Waals surface area (Å²) in [6.45, 7) is 2.14. The minimum Gasteiger partial charge on any atom is -0.271 e. The van der Waals surface area contributed by atoms with Crippen LogP contribution in [0.1, 0.15) is 32.6 Å². The minimum atomic E-state index is -0.207. The second-order valence-electron chi connectivity index (χ2n) is 2.70. The summed E-state index contributed by atoms with van der Waals surface area (Å²) in [5.74, 6) is -0.0545. The van der Waals surface area contributed by atoms with Gasteiger partial charge < -0.3 is 0 Å². The standard InChI is InChI=1S/C7H13N3O/c1-2-3-4-5-6-7(11)9-10-8-6/h6H,2-5H2,1H3,(H,8,9,11). The zero-order valence-electron chi connectivity index (χ0n) is 6.71. The lowest BCUT2D eigenvalue weighted by molar-refractivity contribution is -0.120. The predicted molar refractivity (Wildman–Crippen MR) is 40.9 cm³/mol. The van der Waals surface area contributed by atoms with Crippen LogP contribution in [0.4, 0.5) is 0 Å². The summed E-state index contributed by atoms with van der Waals surface area (Å²) in [4.78, 5) is 10.9. The van der Waals surface area contributed by atoms with Crippen molar-refractivity contribution in [2.24, 2.45) is 10.3 Å². The second-order valence-corrected chi connectivity index (χ2v) is 2.70. The molecule has 0 spiro atoms. The molecule has 1 atom stereocenters. The number of rotatable bonds is 4. The van der Waals surface area contributed by atoms with Crippen molar-refractivity contribution in [2.75, 3.05) is 0 Å². The van der Waals surface area contributed by atoms with Crippen LogP contribution < -0.4 is 5.43 Å². The van der Waals surface area contributed by atoms with Gasteiger partial charge >= 0.3 is 0 Å². The summed E-state index contributed by atoms with van der Waals surface area (Å²) < 4.78 is 0. The van der Waals surface area contributed by atoms with E-state index in [2.05, 4.69) is 22.7 Å². The maximum Gasteiger partial charge on any atom is 0.268 e. The summed E-state index contributed by atoms with van der Waals surface area (Å²) in [6.07, 6.45) is 4.24. The zero-order valence-corrected chi connectivity index (χ0v) is 6.71. The van der Waals surface area contributed by atoms with Crippen LogP contribution in [0.25, 0.3) is 0 Å². The molecule has 1 aliphatic rings. The maximum absolute atomic E-state index is 10.9. The van der Waals surface area contributed by atoms with Crippen molar-refractivity contribution < 1.29 is 4.79 Å². The largest absolute Gasteiger partial charge is 0.271 e. The van der Waals surface area contributed by atoms with E-state index in [1.165, 1.54) is 12.8 Å². The molecule has 0 radical (unpaired) electrons.